The van der Waals surface area contributed by atoms with Gasteiger partial charge in [0.2, 0.25) is 0 Å². The minimum Gasteiger partial charge on any atom is -0.504 e. The molecule has 7 heteroatoms. The van der Waals surface area contributed by atoms with E-state index < -0.39 is 0 Å². The molecule has 3 N–H and O–H groups in total. The highest BCUT2D eigenvalue weighted by Gasteiger charge is 2.24. The van der Waals surface area contributed by atoms with E-state index in [9.17, 15) is 5.11 Å². The van der Waals surface area contributed by atoms with E-state index in [1.807, 2.05) is 55.6 Å². The molecule has 34 heavy (non-hydrogen) atoms. The highest BCUT2D eigenvalue weighted by atomic mass is 16.5. The molecule has 2 aliphatic rings. The van der Waals surface area contributed by atoms with Crippen molar-refractivity contribution < 1.29 is 9.84 Å². The van der Waals surface area contributed by atoms with Gasteiger partial charge < -0.3 is 20.1 Å². The van der Waals surface area contributed by atoms with Gasteiger partial charge in [-0.05, 0) is 40.5 Å². The zero-order chi connectivity index (χ0) is 23.2. The summed E-state index contributed by atoms with van der Waals surface area (Å²) in [6, 6.07) is 16.0. The van der Waals surface area contributed by atoms with Crippen LogP contribution in [-0.4, -0.2) is 45.1 Å². The number of aromatic amines is 1. The van der Waals surface area contributed by atoms with Gasteiger partial charge in [-0.1, -0.05) is 42.5 Å². The maximum absolute atomic E-state index is 11.1. The van der Waals surface area contributed by atoms with Crippen LogP contribution in [0.5, 0.6) is 11.5 Å². The second-order valence-corrected chi connectivity index (χ2v) is 8.63. The van der Waals surface area contributed by atoms with Gasteiger partial charge >= 0.3 is 0 Å². The highest BCUT2D eigenvalue weighted by molar-refractivity contribution is 5.78. The van der Waals surface area contributed by atoms with Crippen molar-refractivity contribution in [1.29, 1.82) is 0 Å². The van der Waals surface area contributed by atoms with Gasteiger partial charge in [-0.15, -0.1) is 0 Å². The van der Waals surface area contributed by atoms with Gasteiger partial charge in [0.05, 0.1) is 12.8 Å². The predicted octanol–water partition coefficient (Wildman–Crippen LogP) is 4.33. The standard InChI is InChI=1S/C27H25N5O2/c1-32-25(27-29-22-12-9-19-14-28-15-20(19)13-23(22)30-27)26(33)24(31-32)18-5-3-16(4-6-18)17-7-10-21(34-2)11-8-17/h3-11,13,28,33H,12,14-15H2,1-2H3,(H,29,30). The van der Waals surface area contributed by atoms with E-state index in [2.05, 4.69) is 27.6 Å². The number of nitrogens with one attached hydrogen (secondary N) is 2. The number of aromatic nitrogens is 4. The van der Waals surface area contributed by atoms with E-state index in [-0.39, 0.29) is 5.75 Å². The van der Waals surface area contributed by atoms with Crippen molar-refractivity contribution in [3.63, 3.8) is 0 Å². The Balaban J connectivity index is 1.32. The molecular formula is C27H25N5O2. The Morgan fingerprint density at radius 3 is 2.35 bits per heavy atom. The Morgan fingerprint density at radius 2 is 1.62 bits per heavy atom. The van der Waals surface area contributed by atoms with Crippen molar-refractivity contribution in [2.45, 2.75) is 6.42 Å². The molecule has 1 saturated heterocycles. The minimum absolute atomic E-state index is 0.120. The van der Waals surface area contributed by atoms with Gasteiger partial charge in [0, 0.05) is 37.8 Å². The van der Waals surface area contributed by atoms with Crippen molar-refractivity contribution >= 4 is 6.08 Å². The van der Waals surface area contributed by atoms with Crippen LogP contribution >= 0.6 is 0 Å². The number of nitrogens with zero attached hydrogens (tertiary/aromatic N) is 3. The van der Waals surface area contributed by atoms with Gasteiger partial charge in [-0.25, -0.2) is 4.98 Å². The first kappa shape index (κ1) is 20.5. The maximum atomic E-state index is 11.1. The first-order chi connectivity index (χ1) is 16.6. The lowest BCUT2D eigenvalue weighted by Crippen LogP contribution is -2.05. The zero-order valence-electron chi connectivity index (χ0n) is 19.1. The zero-order valence-corrected chi connectivity index (χ0v) is 19.1. The van der Waals surface area contributed by atoms with Gasteiger partial charge in [0.1, 0.15) is 17.1 Å². The molecule has 2 aromatic heterocycles. The van der Waals surface area contributed by atoms with Crippen LogP contribution in [0.25, 0.3) is 40.0 Å². The van der Waals surface area contributed by atoms with Crippen LogP contribution in [0.1, 0.15) is 11.4 Å². The molecule has 0 saturated carbocycles. The van der Waals surface area contributed by atoms with E-state index >= 15 is 0 Å². The van der Waals surface area contributed by atoms with E-state index in [0.717, 1.165) is 53.3 Å². The summed E-state index contributed by atoms with van der Waals surface area (Å²) in [5.41, 5.74) is 8.73. The number of hydrogen-bond donors (Lipinski definition) is 3. The molecule has 0 amide bonds. The summed E-state index contributed by atoms with van der Waals surface area (Å²) in [7, 11) is 3.49. The smallest absolute Gasteiger partial charge is 0.173 e. The monoisotopic (exact) mass is 451 g/mol. The number of benzene rings is 2. The van der Waals surface area contributed by atoms with Crippen molar-refractivity contribution in [3.8, 4) is 45.4 Å². The molecule has 1 aliphatic heterocycles. The Morgan fingerprint density at radius 1 is 0.941 bits per heavy atom. The van der Waals surface area contributed by atoms with Crippen LogP contribution in [-0.2, 0) is 13.5 Å². The van der Waals surface area contributed by atoms with E-state index in [1.54, 1.807) is 11.8 Å². The second-order valence-electron chi connectivity index (χ2n) is 8.63. The van der Waals surface area contributed by atoms with E-state index in [4.69, 9.17) is 9.72 Å². The predicted molar refractivity (Wildman–Crippen MR) is 133 cm³/mol. The Bertz CT molecular complexity index is 1440. The van der Waals surface area contributed by atoms with E-state index in [1.165, 1.54) is 11.1 Å². The van der Waals surface area contributed by atoms with Crippen LogP contribution in [0, 0.1) is 0 Å². The third-order valence-corrected chi connectivity index (χ3v) is 6.55. The fourth-order valence-corrected chi connectivity index (χ4v) is 4.68. The normalized spacial score (nSPS) is 14.8. The maximum Gasteiger partial charge on any atom is 0.173 e. The quantitative estimate of drug-likeness (QED) is 0.430. The number of ether oxygens (including phenoxy) is 1. The third-order valence-electron chi connectivity index (χ3n) is 6.55. The molecule has 170 valence electrons. The van der Waals surface area contributed by atoms with Gasteiger partial charge in [0.25, 0.3) is 0 Å². The lowest BCUT2D eigenvalue weighted by Gasteiger charge is -2.05. The van der Waals surface area contributed by atoms with E-state index in [0.29, 0.717) is 17.2 Å². The molecule has 6 rings (SSSR count). The second kappa shape index (κ2) is 8.04. The van der Waals surface area contributed by atoms with Gasteiger partial charge in [-0.3, -0.25) is 4.68 Å². The number of rotatable bonds is 4. The number of allylic oxidation sites excluding steroid dienone is 1. The molecule has 0 atom stereocenters. The van der Waals surface area contributed by atoms with Crippen molar-refractivity contribution in [2.75, 3.05) is 20.2 Å². The van der Waals surface area contributed by atoms with Crippen LogP contribution in [0.2, 0.25) is 0 Å². The number of aryl methyl sites for hydroxylation is 1. The summed E-state index contributed by atoms with van der Waals surface area (Å²) < 4.78 is 6.93. The molecule has 1 fully saturated rings. The number of methoxy groups -OCH3 is 1. The molecule has 2 aromatic carbocycles. The highest BCUT2D eigenvalue weighted by Crippen LogP contribution is 2.38. The summed E-state index contributed by atoms with van der Waals surface area (Å²) in [6.07, 6.45) is 5.18. The lowest BCUT2D eigenvalue weighted by atomic mass is 10.0. The molecule has 0 radical (unpaired) electrons. The molecule has 7 nitrogen and oxygen atoms in total. The number of H-pyrrole nitrogens is 1. The average Bonchev–Trinajstić information content (AvgIpc) is 3.53. The molecule has 1 aliphatic carbocycles. The van der Waals surface area contributed by atoms with Crippen LogP contribution in [0.4, 0.5) is 0 Å². The average molecular weight is 452 g/mol. The topological polar surface area (TPSA) is 88.0 Å². The summed E-state index contributed by atoms with van der Waals surface area (Å²) in [6.45, 7) is 1.77. The summed E-state index contributed by atoms with van der Waals surface area (Å²) in [5.74, 6) is 1.57. The van der Waals surface area contributed by atoms with Crippen molar-refractivity contribution in [2.24, 2.45) is 7.05 Å². The molecule has 4 aromatic rings. The molecule has 3 heterocycles. The molecule has 0 unspecified atom stereocenters. The van der Waals surface area contributed by atoms with Crippen LogP contribution < -0.4 is 10.1 Å². The summed E-state index contributed by atoms with van der Waals surface area (Å²) >= 11 is 0. The SMILES string of the molecule is COc1ccc(-c2ccc(-c3nn(C)c(-c4nc5c([nH]4)CC=C4CNCC4=C5)c3O)cc2)cc1. The molecule has 0 bridgehead atoms. The number of imidazole rings is 1. The Kier molecular flexibility index (Phi) is 4.85. The Labute approximate surface area is 197 Å². The fourth-order valence-electron chi connectivity index (χ4n) is 4.68. The number of hydrogen-bond acceptors (Lipinski definition) is 5. The molecule has 0 spiro atoms. The molecular weight excluding hydrogens is 426 g/mol. The third kappa shape index (κ3) is 3.41. The number of aromatic hydroxyl groups is 1. The van der Waals surface area contributed by atoms with Crippen LogP contribution in [0.3, 0.4) is 0 Å². The fraction of sp³-hybridized carbons (Fsp3) is 0.185. The lowest BCUT2D eigenvalue weighted by molar-refractivity contribution is 0.415. The first-order valence-corrected chi connectivity index (χ1v) is 11.3. The largest absolute Gasteiger partial charge is 0.504 e. The van der Waals surface area contributed by atoms with Gasteiger partial charge in [-0.2, -0.15) is 5.10 Å². The first-order valence-electron chi connectivity index (χ1n) is 11.3. The summed E-state index contributed by atoms with van der Waals surface area (Å²) in [5, 5.41) is 19.1. The van der Waals surface area contributed by atoms with Crippen molar-refractivity contribution in [1.82, 2.24) is 25.1 Å². The number of fused-ring (bicyclic) bond motifs is 2. The minimum atomic E-state index is 0.120. The summed E-state index contributed by atoms with van der Waals surface area (Å²) in [4.78, 5) is 8.23. The van der Waals surface area contributed by atoms with Gasteiger partial charge in [0.15, 0.2) is 11.6 Å². The Hall–Kier alpha value is -4.10. The van der Waals surface area contributed by atoms with Crippen LogP contribution in [0.15, 0.2) is 65.8 Å². The van der Waals surface area contributed by atoms with Crippen molar-refractivity contribution in [3.05, 3.63) is 77.1 Å².